The summed E-state index contributed by atoms with van der Waals surface area (Å²) < 4.78 is 16.0. The lowest BCUT2D eigenvalue weighted by atomic mass is 10.1. The monoisotopic (exact) mass is 293 g/mol. The third kappa shape index (κ3) is 3.08. The van der Waals surface area contributed by atoms with Crippen molar-refractivity contribution in [1.82, 2.24) is 4.98 Å². The van der Waals surface area contributed by atoms with Gasteiger partial charge in [-0.2, -0.15) is 0 Å². The first-order chi connectivity index (χ1) is 9.83. The molecule has 0 amide bonds. The molecule has 1 saturated heterocycles. The summed E-state index contributed by atoms with van der Waals surface area (Å²) in [5.74, 6) is 0.248. The summed E-state index contributed by atoms with van der Waals surface area (Å²) in [4.78, 5) is 16.1. The van der Waals surface area contributed by atoms with Crippen molar-refractivity contribution < 1.29 is 18.7 Å². The minimum absolute atomic E-state index is 0.0240. The summed E-state index contributed by atoms with van der Waals surface area (Å²) in [6, 6.07) is 3.60. The zero-order chi connectivity index (χ0) is 13.8. The zero-order valence-electron chi connectivity index (χ0n) is 10.9. The number of thiazole rings is 1. The van der Waals surface area contributed by atoms with E-state index in [-0.39, 0.29) is 6.10 Å². The van der Waals surface area contributed by atoms with Crippen molar-refractivity contribution in [3.05, 3.63) is 29.5 Å². The molecule has 0 N–H and O–H groups in total. The highest BCUT2D eigenvalue weighted by Gasteiger charge is 2.19. The van der Waals surface area contributed by atoms with Gasteiger partial charge in [0.25, 0.3) is 0 Å². The summed E-state index contributed by atoms with van der Waals surface area (Å²) in [6.07, 6.45) is 4.76. The molecule has 0 spiro atoms. The number of nitrogens with zero attached hydrogens (tertiary/aromatic N) is 1. The fraction of sp³-hybridized carbons (Fsp3) is 0.429. The van der Waals surface area contributed by atoms with Gasteiger partial charge in [0.15, 0.2) is 16.5 Å². The van der Waals surface area contributed by atoms with E-state index in [0.29, 0.717) is 23.1 Å². The lowest BCUT2D eigenvalue weighted by molar-refractivity contribution is -0.0302. The molecule has 1 atom stereocenters. The van der Waals surface area contributed by atoms with Crippen molar-refractivity contribution in [2.24, 2.45) is 0 Å². The molecule has 1 unspecified atom stereocenters. The lowest BCUT2D eigenvalue weighted by Crippen LogP contribution is -2.26. The van der Waals surface area contributed by atoms with E-state index in [0.717, 1.165) is 25.9 Å². The van der Waals surface area contributed by atoms with E-state index < -0.39 is 5.97 Å². The number of rotatable bonds is 4. The van der Waals surface area contributed by atoms with Gasteiger partial charge in [-0.15, -0.1) is 11.3 Å². The molecule has 2 aromatic heterocycles. The molecule has 5 nitrogen and oxygen atoms in total. The predicted molar refractivity (Wildman–Crippen MR) is 73.7 cm³/mol. The van der Waals surface area contributed by atoms with Crippen molar-refractivity contribution >= 4 is 17.3 Å². The highest BCUT2D eigenvalue weighted by atomic mass is 32.1. The molecule has 2 aromatic rings. The molecule has 1 aliphatic heterocycles. The Balaban J connectivity index is 1.57. The summed E-state index contributed by atoms with van der Waals surface area (Å²) in [6.45, 7) is 1.05. The number of esters is 1. The number of carbonyl (C=O) groups is 1. The van der Waals surface area contributed by atoms with Gasteiger partial charge in [-0.05, 0) is 31.4 Å². The molecule has 1 aliphatic rings. The zero-order valence-corrected chi connectivity index (χ0v) is 11.7. The van der Waals surface area contributed by atoms with Crippen LogP contribution in [0.2, 0.25) is 0 Å². The second kappa shape index (κ2) is 6.19. The van der Waals surface area contributed by atoms with Crippen LogP contribution >= 0.6 is 11.3 Å². The predicted octanol–water partition coefficient (Wildman–Crippen LogP) is 3.13. The highest BCUT2D eigenvalue weighted by Crippen LogP contribution is 2.24. The normalized spacial score (nSPS) is 18.9. The minimum atomic E-state index is -0.409. The topological polar surface area (TPSA) is 61.6 Å². The van der Waals surface area contributed by atoms with E-state index in [4.69, 9.17) is 13.9 Å². The van der Waals surface area contributed by atoms with Gasteiger partial charge in [-0.25, -0.2) is 9.78 Å². The molecular formula is C14H15NO4S. The van der Waals surface area contributed by atoms with Gasteiger partial charge in [-0.3, -0.25) is 0 Å². The Labute approximate surface area is 120 Å². The summed E-state index contributed by atoms with van der Waals surface area (Å²) in [5.41, 5.74) is 0.317. The van der Waals surface area contributed by atoms with Gasteiger partial charge >= 0.3 is 5.97 Å². The largest absolute Gasteiger partial charge is 0.462 e. The Kier molecular flexibility index (Phi) is 4.13. The maximum absolute atomic E-state index is 11.9. The van der Waals surface area contributed by atoms with Gasteiger partial charge in [0.05, 0.1) is 12.4 Å². The van der Waals surface area contributed by atoms with Gasteiger partial charge in [0.2, 0.25) is 0 Å². The van der Waals surface area contributed by atoms with Crippen LogP contribution in [0.1, 0.15) is 29.8 Å². The van der Waals surface area contributed by atoms with E-state index in [1.54, 1.807) is 17.7 Å². The van der Waals surface area contributed by atoms with E-state index in [1.165, 1.54) is 11.3 Å². The van der Waals surface area contributed by atoms with E-state index in [9.17, 15) is 4.79 Å². The van der Waals surface area contributed by atoms with Crippen LogP contribution in [0, 0.1) is 0 Å². The Bertz CT molecular complexity index is 558. The van der Waals surface area contributed by atoms with Crippen LogP contribution in [0.4, 0.5) is 0 Å². The SMILES string of the molecule is O=C(OCC1CCCCO1)c1csc(-c2ccco2)n1. The molecule has 20 heavy (non-hydrogen) atoms. The molecule has 0 radical (unpaired) electrons. The first-order valence-electron chi connectivity index (χ1n) is 6.61. The Morgan fingerprint density at radius 3 is 3.20 bits per heavy atom. The van der Waals surface area contributed by atoms with Gasteiger partial charge < -0.3 is 13.9 Å². The second-order valence-electron chi connectivity index (χ2n) is 4.60. The number of aromatic nitrogens is 1. The number of carbonyl (C=O) groups excluding carboxylic acids is 1. The van der Waals surface area contributed by atoms with Crippen LogP contribution in [0.3, 0.4) is 0 Å². The first kappa shape index (κ1) is 13.3. The van der Waals surface area contributed by atoms with Gasteiger partial charge in [-0.1, -0.05) is 0 Å². The number of hydrogen-bond donors (Lipinski definition) is 0. The van der Waals surface area contributed by atoms with Gasteiger partial charge in [0.1, 0.15) is 6.61 Å². The first-order valence-corrected chi connectivity index (χ1v) is 7.49. The van der Waals surface area contributed by atoms with Crippen LogP contribution in [-0.4, -0.2) is 30.3 Å². The standard InChI is InChI=1S/C14H15NO4S/c16-14(19-8-10-4-1-2-6-17-10)11-9-20-13(15-11)12-5-3-7-18-12/h3,5,7,9-10H,1-2,4,6,8H2. The number of furan rings is 1. The smallest absolute Gasteiger partial charge is 0.357 e. The van der Waals surface area contributed by atoms with Crippen molar-refractivity contribution in [3.63, 3.8) is 0 Å². The van der Waals surface area contributed by atoms with Crippen LogP contribution in [0.15, 0.2) is 28.2 Å². The summed E-state index contributed by atoms with van der Waals surface area (Å²) in [7, 11) is 0. The Morgan fingerprint density at radius 1 is 1.50 bits per heavy atom. The molecule has 1 fully saturated rings. The van der Waals surface area contributed by atoms with Crippen LogP contribution in [0.25, 0.3) is 10.8 Å². The van der Waals surface area contributed by atoms with Crippen LogP contribution in [-0.2, 0) is 9.47 Å². The highest BCUT2D eigenvalue weighted by molar-refractivity contribution is 7.13. The number of ether oxygens (including phenoxy) is 2. The Morgan fingerprint density at radius 2 is 2.45 bits per heavy atom. The van der Waals surface area contributed by atoms with Gasteiger partial charge in [0, 0.05) is 12.0 Å². The fourth-order valence-corrected chi connectivity index (χ4v) is 2.82. The molecule has 106 valence electrons. The van der Waals surface area contributed by atoms with Crippen molar-refractivity contribution in [2.75, 3.05) is 13.2 Å². The quantitative estimate of drug-likeness (QED) is 0.810. The average molecular weight is 293 g/mol. The third-order valence-electron chi connectivity index (χ3n) is 3.12. The van der Waals surface area contributed by atoms with E-state index in [2.05, 4.69) is 4.98 Å². The fourth-order valence-electron chi connectivity index (χ4n) is 2.06. The average Bonchev–Trinajstić information content (AvgIpc) is 3.16. The minimum Gasteiger partial charge on any atom is -0.462 e. The van der Waals surface area contributed by atoms with E-state index in [1.807, 2.05) is 6.07 Å². The molecular weight excluding hydrogens is 278 g/mol. The Hall–Kier alpha value is -1.66. The number of hydrogen-bond acceptors (Lipinski definition) is 6. The lowest BCUT2D eigenvalue weighted by Gasteiger charge is -2.21. The summed E-state index contributed by atoms with van der Waals surface area (Å²) in [5, 5.41) is 2.36. The van der Waals surface area contributed by atoms with Crippen molar-refractivity contribution in [3.8, 4) is 10.8 Å². The van der Waals surface area contributed by atoms with Crippen LogP contribution in [0.5, 0.6) is 0 Å². The van der Waals surface area contributed by atoms with Crippen LogP contribution < -0.4 is 0 Å². The maximum atomic E-state index is 11.9. The van der Waals surface area contributed by atoms with Crippen molar-refractivity contribution in [2.45, 2.75) is 25.4 Å². The third-order valence-corrected chi connectivity index (χ3v) is 3.98. The summed E-state index contributed by atoms with van der Waals surface area (Å²) >= 11 is 1.36. The molecule has 0 aliphatic carbocycles. The molecule has 3 heterocycles. The van der Waals surface area contributed by atoms with Crippen molar-refractivity contribution in [1.29, 1.82) is 0 Å². The molecule has 0 saturated carbocycles. The molecule has 6 heteroatoms. The molecule has 3 rings (SSSR count). The molecule has 0 aromatic carbocycles. The van der Waals surface area contributed by atoms with E-state index >= 15 is 0 Å². The molecule has 0 bridgehead atoms. The maximum Gasteiger partial charge on any atom is 0.357 e. The second-order valence-corrected chi connectivity index (χ2v) is 5.46.